The standard InChI is InChI=1S/C19H19F3N2O3.C14H11F3N2O.C13H10BrF3N2.C8H5F3O.C5H5BrN2.2CH4/c1-18(2,3)27-17(26)24(16-9-6-14(12-25)10-23-16)11-13-4-7-15(8-5-13)19(20,21)22;15-14(16,17)12-4-1-10(2-5-12)7-18-13-6-3-11(9-20)8-19-13;14-11-5-6-12(19-8-11)18-7-9-1-3-10(4-2-9)13(15,16)17;9-8(10,11)7-3-1-6(5-12)2-4-7;6-4-1-2-5(7)8-3-4;;/h4-10,12H,11H2,1-3H3;1-6,8-9H,7H2,(H,18,19);1-6,8H,7H2,(H,18,19);1-5H;1-3H,(H2,7,8);2*1H4. The summed E-state index contributed by atoms with van der Waals surface area (Å²) in [6, 6.07) is 31.9. The van der Waals surface area contributed by atoms with Gasteiger partial charge in [0.15, 0.2) is 12.6 Å². The van der Waals surface area contributed by atoms with Crippen LogP contribution in [-0.2, 0) is 49.1 Å². The number of pyridine rings is 4. The van der Waals surface area contributed by atoms with E-state index in [1.165, 1.54) is 65.8 Å². The number of nitrogens with zero attached hydrogens (tertiary/aromatic N) is 5. The first-order valence-electron chi connectivity index (χ1n) is 24.7. The van der Waals surface area contributed by atoms with Crippen molar-refractivity contribution in [1.29, 1.82) is 0 Å². The van der Waals surface area contributed by atoms with E-state index in [0.29, 0.717) is 71.7 Å². The van der Waals surface area contributed by atoms with Crippen molar-refractivity contribution in [2.24, 2.45) is 0 Å². The van der Waals surface area contributed by atoms with Gasteiger partial charge >= 0.3 is 30.8 Å². The van der Waals surface area contributed by atoms with Crippen molar-refractivity contribution >= 4 is 80.1 Å². The lowest BCUT2D eigenvalue weighted by molar-refractivity contribution is -0.138. The van der Waals surface area contributed by atoms with Crippen molar-refractivity contribution in [2.75, 3.05) is 21.3 Å². The Bertz CT molecular complexity index is 3350. The SMILES string of the molecule is C.C.CC(C)(C)OC(=O)N(Cc1ccc(C(F)(F)F)cc1)c1ccc(C=O)cn1.FC(F)(F)c1ccc(CNc2ccc(Br)cn2)cc1.Nc1ccc(Br)cn1.O=Cc1ccc(C(F)(F)F)cc1.O=Cc1ccc(NCc2ccc(C(F)(F)F)cc2)nc1. The fourth-order valence-electron chi connectivity index (χ4n) is 6.37. The third-order valence-electron chi connectivity index (χ3n) is 10.7. The maximum Gasteiger partial charge on any atom is 0.416 e. The van der Waals surface area contributed by atoms with Crippen molar-refractivity contribution in [1.82, 2.24) is 19.9 Å². The maximum atomic E-state index is 12.7. The summed E-state index contributed by atoms with van der Waals surface area (Å²) in [6.45, 7) is 5.83. The van der Waals surface area contributed by atoms with Crippen LogP contribution in [-0.4, -0.2) is 50.5 Å². The van der Waals surface area contributed by atoms with Crippen molar-refractivity contribution in [3.63, 3.8) is 0 Å². The fraction of sp³-hybridized carbons (Fsp3) is 0.213. The van der Waals surface area contributed by atoms with Crippen LogP contribution < -0.4 is 21.3 Å². The van der Waals surface area contributed by atoms with E-state index < -0.39 is 58.7 Å². The van der Waals surface area contributed by atoms with Crippen molar-refractivity contribution in [3.8, 4) is 0 Å². The van der Waals surface area contributed by atoms with E-state index in [2.05, 4.69) is 62.4 Å². The highest BCUT2D eigenvalue weighted by molar-refractivity contribution is 9.10. The van der Waals surface area contributed by atoms with Gasteiger partial charge in [0.1, 0.15) is 35.2 Å². The molecule has 1 amide bonds. The minimum atomic E-state index is -4.43. The van der Waals surface area contributed by atoms with Gasteiger partial charge in [-0.05, 0) is 166 Å². The molecule has 0 aliphatic carbocycles. The van der Waals surface area contributed by atoms with Crippen molar-refractivity contribution < 1.29 is 76.6 Å². The Hall–Kier alpha value is -8.72. The van der Waals surface area contributed by atoms with Gasteiger partial charge in [-0.15, -0.1) is 0 Å². The molecular formula is C61H58Br2F12N8O5. The molecule has 0 fully saturated rings. The fourth-order valence-corrected chi connectivity index (χ4v) is 6.84. The number of carbonyl (C=O) groups excluding carboxylic acids is 4. The molecule has 0 unspecified atom stereocenters. The second-order valence-electron chi connectivity index (χ2n) is 18.5. The average Bonchev–Trinajstić information content (AvgIpc) is 3.68. The summed E-state index contributed by atoms with van der Waals surface area (Å²) in [6.07, 6.45) is -10.3. The molecule has 27 heteroatoms. The number of hydrogen-bond donors (Lipinski definition) is 3. The molecule has 0 saturated carbocycles. The topological polar surface area (TPSA) is 182 Å². The molecule has 0 spiro atoms. The number of aromatic nitrogens is 4. The van der Waals surface area contributed by atoms with Gasteiger partial charge in [-0.3, -0.25) is 19.3 Å². The molecule has 4 N–H and O–H groups in total. The highest BCUT2D eigenvalue weighted by Crippen LogP contribution is 2.32. The predicted molar refractivity (Wildman–Crippen MR) is 319 cm³/mol. The van der Waals surface area contributed by atoms with Crippen molar-refractivity contribution in [3.05, 3.63) is 235 Å². The van der Waals surface area contributed by atoms with E-state index in [1.807, 2.05) is 12.1 Å². The summed E-state index contributed by atoms with van der Waals surface area (Å²) in [5.74, 6) is 1.99. The van der Waals surface area contributed by atoms with Gasteiger partial charge in [0.2, 0.25) is 0 Å². The second-order valence-corrected chi connectivity index (χ2v) is 20.4. The molecule has 4 aromatic carbocycles. The van der Waals surface area contributed by atoms with Gasteiger partial charge in [0.05, 0.1) is 28.8 Å². The van der Waals surface area contributed by atoms with Crippen LogP contribution in [0.5, 0.6) is 0 Å². The molecule has 8 aromatic rings. The Morgan fingerprint density at radius 3 is 1.11 bits per heavy atom. The molecule has 0 atom stereocenters. The van der Waals surface area contributed by atoms with E-state index in [4.69, 9.17) is 10.5 Å². The molecule has 470 valence electrons. The number of hydrogen-bond acceptors (Lipinski definition) is 12. The Morgan fingerprint density at radius 1 is 0.466 bits per heavy atom. The number of ether oxygens (including phenoxy) is 1. The van der Waals surface area contributed by atoms with E-state index >= 15 is 0 Å². The number of nitrogens with two attached hydrogens (primary N) is 1. The van der Waals surface area contributed by atoms with Gasteiger partial charge in [-0.1, -0.05) is 63.4 Å². The number of benzene rings is 4. The number of anilines is 4. The van der Waals surface area contributed by atoms with E-state index in [1.54, 1.807) is 57.4 Å². The van der Waals surface area contributed by atoms with Crippen LogP contribution in [0.4, 0.5) is 80.8 Å². The van der Waals surface area contributed by atoms with Crippen LogP contribution in [0, 0.1) is 0 Å². The molecule has 88 heavy (non-hydrogen) atoms. The molecule has 4 aromatic heterocycles. The molecule has 0 aliphatic rings. The van der Waals surface area contributed by atoms with Crippen LogP contribution in [0.3, 0.4) is 0 Å². The highest BCUT2D eigenvalue weighted by Gasteiger charge is 2.33. The average molecular weight is 1370 g/mol. The summed E-state index contributed by atoms with van der Waals surface area (Å²) >= 11 is 6.50. The summed E-state index contributed by atoms with van der Waals surface area (Å²) in [4.78, 5) is 61.1. The summed E-state index contributed by atoms with van der Waals surface area (Å²) in [5, 5.41) is 6.00. The van der Waals surface area contributed by atoms with Crippen LogP contribution in [0.25, 0.3) is 0 Å². The van der Waals surface area contributed by atoms with E-state index in [0.717, 1.165) is 75.2 Å². The number of amides is 1. The molecule has 13 nitrogen and oxygen atoms in total. The van der Waals surface area contributed by atoms with Crippen molar-refractivity contribution in [2.45, 2.75) is 85.6 Å². The first-order valence-corrected chi connectivity index (χ1v) is 26.2. The molecule has 8 rings (SSSR count). The van der Waals surface area contributed by atoms with Crippen LogP contribution in [0.2, 0.25) is 0 Å². The summed E-state index contributed by atoms with van der Waals surface area (Å²) in [7, 11) is 0. The quantitative estimate of drug-likeness (QED) is 0.0779. The first-order chi connectivity index (χ1) is 40.3. The first kappa shape index (κ1) is 75.4. The van der Waals surface area contributed by atoms with E-state index in [9.17, 15) is 71.9 Å². The lowest BCUT2D eigenvalue weighted by Crippen LogP contribution is -2.37. The smallest absolute Gasteiger partial charge is 0.416 e. The van der Waals surface area contributed by atoms with Gasteiger partial charge < -0.3 is 21.1 Å². The minimum Gasteiger partial charge on any atom is -0.443 e. The largest absolute Gasteiger partial charge is 0.443 e. The Balaban J connectivity index is 0.000000390. The number of nitrogens with one attached hydrogen (secondary N) is 2. The zero-order valence-electron chi connectivity index (χ0n) is 45.2. The number of rotatable bonds is 12. The van der Waals surface area contributed by atoms with Gasteiger partial charge in [-0.2, -0.15) is 52.7 Å². The third kappa shape index (κ3) is 27.3. The number of nitrogen functional groups attached to an aromatic ring is 1. The lowest BCUT2D eigenvalue weighted by atomic mass is 10.1. The third-order valence-corrected chi connectivity index (χ3v) is 11.6. The molecule has 0 saturated heterocycles. The van der Waals surface area contributed by atoms with Gasteiger partial charge in [0, 0.05) is 63.5 Å². The number of carbonyl (C=O) groups is 4. The number of alkyl halides is 12. The van der Waals surface area contributed by atoms with Crippen LogP contribution in [0.1, 0.15) is 106 Å². The maximum absolute atomic E-state index is 12.7. The van der Waals surface area contributed by atoms with Crippen LogP contribution in [0.15, 0.2) is 179 Å². The summed E-state index contributed by atoms with van der Waals surface area (Å²) in [5.41, 5.74) is 4.67. The van der Waals surface area contributed by atoms with Gasteiger partial charge in [0.25, 0.3) is 0 Å². The molecular weight excluding hydrogens is 1310 g/mol. The molecule has 4 heterocycles. The van der Waals surface area contributed by atoms with E-state index in [-0.39, 0.29) is 32.8 Å². The molecule has 0 radical (unpaired) electrons. The number of aldehydes is 3. The highest BCUT2D eigenvalue weighted by atomic mass is 79.9. The van der Waals surface area contributed by atoms with Crippen LogP contribution >= 0.6 is 31.9 Å². The molecule has 0 aliphatic heterocycles. The Labute approximate surface area is 516 Å². The summed E-state index contributed by atoms with van der Waals surface area (Å²) < 4.78 is 155. The predicted octanol–water partition coefficient (Wildman–Crippen LogP) is 18.1. The lowest BCUT2D eigenvalue weighted by Gasteiger charge is -2.27. The molecule has 0 bridgehead atoms. The minimum absolute atomic E-state index is 0. The Morgan fingerprint density at radius 2 is 0.807 bits per heavy atom. The Kier molecular flexibility index (Phi) is 29.6. The van der Waals surface area contributed by atoms with Gasteiger partial charge in [-0.25, -0.2) is 24.7 Å². The number of halogens is 14. The monoisotopic (exact) mass is 1370 g/mol. The zero-order valence-corrected chi connectivity index (χ0v) is 48.3. The zero-order chi connectivity index (χ0) is 63.9. The second kappa shape index (κ2) is 34.6. The normalized spacial score (nSPS) is 11.0.